The van der Waals surface area contributed by atoms with Gasteiger partial charge in [0.15, 0.2) is 0 Å². The number of halogens is 9. The van der Waals surface area contributed by atoms with Crippen molar-refractivity contribution in [3.05, 3.63) is 0 Å². The van der Waals surface area contributed by atoms with Crippen molar-refractivity contribution in [2.75, 3.05) is 0 Å². The molecule has 10 heteroatoms. The Kier molecular flexibility index (Phi) is 104. The quantitative estimate of drug-likeness (QED) is 0.202. The van der Waals surface area contributed by atoms with Crippen molar-refractivity contribution >= 4 is 165 Å². The molecule has 0 aliphatic heterocycles. The summed E-state index contributed by atoms with van der Waals surface area (Å²) in [5.41, 5.74) is 0. The molecule has 0 saturated carbocycles. The van der Waals surface area contributed by atoms with Crippen LogP contribution in [0.2, 0.25) is 13.3 Å². The summed E-state index contributed by atoms with van der Waals surface area (Å²) in [5.74, 6) is 0. The van der Waals surface area contributed by atoms with Crippen LogP contribution < -0.4 is 0 Å². The van der Waals surface area contributed by atoms with Gasteiger partial charge in [0.2, 0.25) is 0 Å². The van der Waals surface area contributed by atoms with Crippen LogP contribution in [0.4, 0.5) is 0 Å². The average molecular weight is 1020 g/mol. The molecule has 0 spiro atoms. The minimum absolute atomic E-state index is 0. The molecule has 0 heterocycles. The van der Waals surface area contributed by atoms with Gasteiger partial charge in [0.05, 0.1) is 0 Å². The first-order valence-electron chi connectivity index (χ1n) is 6.37. The Balaban J connectivity index is -0.0000000302. The first-order valence-corrected chi connectivity index (χ1v) is 18.8. The van der Waals surface area contributed by atoms with Gasteiger partial charge in [0.25, 0.3) is 0 Å². The Labute approximate surface area is 233 Å². The Hall–Kier alpha value is 5.12. The van der Waals surface area contributed by atoms with Gasteiger partial charge in [0, 0.05) is 0 Å². The fourth-order valence-corrected chi connectivity index (χ4v) is 18.1. The first-order chi connectivity index (χ1) is 6.68. The van der Waals surface area contributed by atoms with E-state index < -0.39 is 16.2 Å². The molecule has 0 aromatic rings. The molecule has 0 atom stereocenters. The van der Waals surface area contributed by atoms with E-state index in [1.165, 1.54) is 38.5 Å². The zero-order chi connectivity index (χ0) is 10.9. The summed E-state index contributed by atoms with van der Waals surface area (Å²) in [6, 6.07) is 0. The van der Waals surface area contributed by atoms with Gasteiger partial charge in [-0.15, -0.1) is 136 Å². The van der Waals surface area contributed by atoms with Crippen LogP contribution >= 0.6 is 149 Å². The summed E-state index contributed by atoms with van der Waals surface area (Å²) in [4.78, 5) is 0. The van der Waals surface area contributed by atoms with E-state index in [4.69, 9.17) is 0 Å². The van der Waals surface area contributed by atoms with Gasteiger partial charge in [-0.2, -0.15) is 0 Å². The Morgan fingerprint density at radius 3 is 0.818 bits per heavy atom. The summed E-state index contributed by atoms with van der Waals surface area (Å²) >= 11 is 2.45. The second-order valence-corrected chi connectivity index (χ2v) is 26.6. The third kappa shape index (κ3) is 36.1. The summed E-state index contributed by atoms with van der Waals surface area (Å²) < 4.78 is 4.72. The zero-order valence-electron chi connectivity index (χ0n) is 13.5. The molecular weight excluding hydrogens is 982 g/mol. The maximum absolute atomic E-state index is 4.20. The van der Waals surface area contributed by atoms with Crippen molar-refractivity contribution in [3.8, 4) is 0 Å². The van der Waals surface area contributed by atoms with E-state index in [2.05, 4.69) is 33.5 Å². The zero-order valence-corrected chi connectivity index (χ0v) is 31.7. The summed E-state index contributed by atoms with van der Waals surface area (Å²) in [6.07, 6.45) is 8.53. The molecule has 0 N–H and O–H groups in total. The molecule has 0 aromatic carbocycles. The van der Waals surface area contributed by atoms with Crippen LogP contribution in [0, 0.1) is 0 Å². The predicted molar refractivity (Wildman–Crippen MR) is 156 cm³/mol. The molecule has 150 valence electrons. The van der Waals surface area contributed by atoms with Crippen LogP contribution in [0.25, 0.3) is 0 Å². The molecule has 0 unspecified atom stereocenters. The SMILES string of the molecule is Br.Br.Br.Br.Br.Br.Br.Br.CCC[CH2][Sn]([Br])([CH2]CCC)[CH2]CCC. The van der Waals surface area contributed by atoms with Crippen LogP contribution in [0.15, 0.2) is 0 Å². The van der Waals surface area contributed by atoms with E-state index in [-0.39, 0.29) is 136 Å². The summed E-state index contributed by atoms with van der Waals surface area (Å²) in [6.45, 7) is 6.96. The van der Waals surface area contributed by atoms with E-state index in [0.717, 1.165) is 0 Å². The number of hydrogen-bond acceptors (Lipinski definition) is 0. The van der Waals surface area contributed by atoms with Crippen LogP contribution in [0.3, 0.4) is 0 Å². The van der Waals surface area contributed by atoms with E-state index in [1.807, 2.05) is 0 Å². The number of hydrogen-bond donors (Lipinski definition) is 0. The predicted octanol–water partition coefficient (Wildman–Crippen LogP) is 10.4. The monoisotopic (exact) mass is 1010 g/mol. The first kappa shape index (κ1) is 56.4. The molecule has 0 fully saturated rings. The molecule has 0 nitrogen and oxygen atoms in total. The maximum atomic E-state index is 4.20. The fraction of sp³-hybridized carbons (Fsp3) is 1.00. The van der Waals surface area contributed by atoms with E-state index in [0.29, 0.717) is 0 Å². The molecule has 0 aliphatic rings. The van der Waals surface area contributed by atoms with E-state index >= 15 is 0 Å². The van der Waals surface area contributed by atoms with E-state index in [9.17, 15) is 0 Å². The molecule has 22 heavy (non-hydrogen) atoms. The molecule has 0 amide bonds. The minimum atomic E-state index is -1.75. The van der Waals surface area contributed by atoms with Crippen molar-refractivity contribution in [1.82, 2.24) is 0 Å². The third-order valence-corrected chi connectivity index (χ3v) is 21.6. The van der Waals surface area contributed by atoms with Gasteiger partial charge in [-0.25, -0.2) is 0 Å². The molecular formula is C12H35Br9Sn. The Bertz CT molecular complexity index is 120. The molecule has 0 saturated heterocycles. The van der Waals surface area contributed by atoms with Crippen LogP contribution in [-0.2, 0) is 0 Å². The van der Waals surface area contributed by atoms with Crippen molar-refractivity contribution in [1.29, 1.82) is 0 Å². The van der Waals surface area contributed by atoms with Crippen LogP contribution in [0.5, 0.6) is 0 Å². The van der Waals surface area contributed by atoms with E-state index in [1.54, 1.807) is 13.3 Å². The Morgan fingerprint density at radius 1 is 0.500 bits per heavy atom. The molecule has 0 rings (SSSR count). The second kappa shape index (κ2) is 40.7. The van der Waals surface area contributed by atoms with Gasteiger partial charge >= 0.3 is 101 Å². The topological polar surface area (TPSA) is 0 Å². The normalized spacial score (nSPS) is 7.64. The van der Waals surface area contributed by atoms with Gasteiger partial charge in [0.1, 0.15) is 0 Å². The fourth-order valence-electron chi connectivity index (χ4n) is 1.86. The molecule has 0 aliphatic carbocycles. The van der Waals surface area contributed by atoms with Crippen molar-refractivity contribution in [2.45, 2.75) is 72.6 Å². The second-order valence-electron chi connectivity index (χ2n) is 4.46. The van der Waals surface area contributed by atoms with Crippen LogP contribution in [-0.4, -0.2) is 16.2 Å². The number of rotatable bonds is 9. The Morgan fingerprint density at radius 2 is 0.682 bits per heavy atom. The summed E-state index contributed by atoms with van der Waals surface area (Å²) in [5, 5.41) is 0. The van der Waals surface area contributed by atoms with Gasteiger partial charge in [-0.3, -0.25) is 0 Å². The third-order valence-electron chi connectivity index (χ3n) is 2.94. The molecule has 0 aromatic heterocycles. The number of unbranched alkanes of at least 4 members (excludes halogenated alkanes) is 3. The van der Waals surface area contributed by atoms with Crippen molar-refractivity contribution in [2.24, 2.45) is 0 Å². The van der Waals surface area contributed by atoms with Crippen LogP contribution in [0.1, 0.15) is 59.3 Å². The average Bonchev–Trinajstić information content (AvgIpc) is 2.21. The van der Waals surface area contributed by atoms with Gasteiger partial charge in [-0.1, -0.05) is 0 Å². The van der Waals surface area contributed by atoms with Crippen molar-refractivity contribution in [3.63, 3.8) is 0 Å². The van der Waals surface area contributed by atoms with Crippen molar-refractivity contribution < 1.29 is 0 Å². The van der Waals surface area contributed by atoms with Gasteiger partial charge < -0.3 is 0 Å². The molecule has 0 bridgehead atoms. The standard InChI is InChI=1S/3C4H9.9BrH.Sn/c3*1-3-4-2;;;;;;;;;;/h3*1,3-4H2,2H3;9*1H;/q;;;;;;;;;;;;+1/p-1. The molecule has 0 radical (unpaired) electrons. The summed E-state index contributed by atoms with van der Waals surface area (Å²) in [7, 11) is 0. The van der Waals surface area contributed by atoms with Gasteiger partial charge in [-0.05, 0) is 0 Å².